The van der Waals surface area contributed by atoms with Crippen LogP contribution in [-0.2, 0) is 18.0 Å². The van der Waals surface area contributed by atoms with E-state index in [0.29, 0.717) is 24.5 Å². The van der Waals surface area contributed by atoms with Crippen molar-refractivity contribution >= 4 is 34.8 Å². The number of anilines is 1. The van der Waals surface area contributed by atoms with Gasteiger partial charge in [-0.15, -0.1) is 0 Å². The molecule has 0 spiro atoms. The first-order valence-corrected chi connectivity index (χ1v) is 6.99. The Labute approximate surface area is 131 Å². The maximum absolute atomic E-state index is 12.2. The Bertz CT molecular complexity index is 708. The summed E-state index contributed by atoms with van der Waals surface area (Å²) in [6, 6.07) is 8.32. The monoisotopic (exact) mass is 323 g/mol. The van der Waals surface area contributed by atoms with Crippen LogP contribution in [0.4, 0.5) is 5.69 Å². The number of benzene rings is 2. The van der Waals surface area contributed by atoms with Crippen molar-refractivity contribution in [3.8, 4) is 5.75 Å². The lowest BCUT2D eigenvalue weighted by atomic mass is 10.1. The van der Waals surface area contributed by atoms with Crippen LogP contribution in [0.25, 0.3) is 0 Å². The number of nitrogens with one attached hydrogen (secondary N) is 1. The van der Waals surface area contributed by atoms with Gasteiger partial charge in [0, 0.05) is 11.3 Å². The lowest BCUT2D eigenvalue weighted by Crippen LogP contribution is -2.12. The number of hydrogen-bond acceptors (Lipinski definition) is 3. The Morgan fingerprint density at radius 3 is 2.48 bits per heavy atom. The zero-order chi connectivity index (χ0) is 15.0. The maximum atomic E-state index is 12.2. The van der Waals surface area contributed by atoms with Crippen molar-refractivity contribution in [2.75, 3.05) is 5.32 Å². The van der Waals surface area contributed by atoms with Crippen LogP contribution in [-0.4, -0.2) is 11.0 Å². The van der Waals surface area contributed by atoms with Crippen LogP contribution in [0.15, 0.2) is 30.3 Å². The minimum absolute atomic E-state index is 0.0835. The molecule has 0 saturated heterocycles. The van der Waals surface area contributed by atoms with Gasteiger partial charge in [-0.05, 0) is 35.4 Å². The molecule has 0 saturated carbocycles. The number of fused-ring (bicyclic) bond motifs is 1. The first-order chi connectivity index (χ1) is 10.0. The summed E-state index contributed by atoms with van der Waals surface area (Å²) < 4.78 is 5.32. The lowest BCUT2D eigenvalue weighted by molar-refractivity contribution is 0.102. The molecule has 0 aromatic heterocycles. The zero-order valence-corrected chi connectivity index (χ0v) is 12.3. The summed E-state index contributed by atoms with van der Waals surface area (Å²) in [4.78, 5) is 12.2. The van der Waals surface area contributed by atoms with E-state index in [0.717, 1.165) is 11.1 Å². The second-order valence-corrected chi connectivity index (χ2v) is 5.53. The van der Waals surface area contributed by atoms with Crippen LogP contribution >= 0.6 is 23.2 Å². The highest BCUT2D eigenvalue weighted by Crippen LogP contribution is 2.34. The molecule has 0 bridgehead atoms. The summed E-state index contributed by atoms with van der Waals surface area (Å²) in [5.41, 5.74) is 3.07. The third-order valence-corrected chi connectivity index (χ3v) is 3.83. The average Bonchev–Trinajstić information content (AvgIpc) is 2.91. The van der Waals surface area contributed by atoms with Gasteiger partial charge in [-0.2, -0.15) is 0 Å². The normalized spacial score (nSPS) is 13.0. The average molecular weight is 324 g/mol. The number of halogens is 2. The summed E-state index contributed by atoms with van der Waals surface area (Å²) in [5.74, 6) is -0.478. The topological polar surface area (TPSA) is 58.6 Å². The fourth-order valence-corrected chi connectivity index (χ4v) is 2.64. The molecule has 1 amide bonds. The van der Waals surface area contributed by atoms with Gasteiger partial charge >= 0.3 is 0 Å². The quantitative estimate of drug-likeness (QED) is 0.822. The second kappa shape index (κ2) is 5.56. The first-order valence-electron chi connectivity index (χ1n) is 6.23. The van der Waals surface area contributed by atoms with Gasteiger partial charge in [-0.25, -0.2) is 0 Å². The molecule has 0 atom stereocenters. The van der Waals surface area contributed by atoms with E-state index >= 15 is 0 Å². The molecular weight excluding hydrogens is 313 g/mol. The summed E-state index contributed by atoms with van der Waals surface area (Å²) >= 11 is 11.6. The van der Waals surface area contributed by atoms with Crippen LogP contribution in [0.5, 0.6) is 5.75 Å². The number of phenols is 1. The molecule has 0 unspecified atom stereocenters. The van der Waals surface area contributed by atoms with Crippen molar-refractivity contribution in [3.05, 3.63) is 57.1 Å². The van der Waals surface area contributed by atoms with Crippen molar-refractivity contribution in [3.63, 3.8) is 0 Å². The molecule has 6 heteroatoms. The first kappa shape index (κ1) is 14.2. The van der Waals surface area contributed by atoms with E-state index in [2.05, 4.69) is 5.32 Å². The number of carbonyl (C=O) groups excluding carboxylic acids is 1. The fraction of sp³-hybridized carbons (Fsp3) is 0.133. The molecule has 0 radical (unpaired) electrons. The molecule has 1 aliphatic rings. The van der Waals surface area contributed by atoms with E-state index in [9.17, 15) is 9.90 Å². The van der Waals surface area contributed by atoms with E-state index in [1.54, 1.807) is 12.1 Å². The van der Waals surface area contributed by atoms with Gasteiger partial charge in [0.05, 0.1) is 23.3 Å². The maximum Gasteiger partial charge on any atom is 0.255 e. The van der Waals surface area contributed by atoms with Gasteiger partial charge in [0.2, 0.25) is 0 Å². The van der Waals surface area contributed by atoms with E-state index in [-0.39, 0.29) is 21.7 Å². The summed E-state index contributed by atoms with van der Waals surface area (Å²) in [7, 11) is 0. The molecular formula is C15H11Cl2NO3. The highest BCUT2D eigenvalue weighted by molar-refractivity contribution is 6.37. The summed E-state index contributed by atoms with van der Waals surface area (Å²) in [6.07, 6.45) is 0. The largest absolute Gasteiger partial charge is 0.505 e. The number of rotatable bonds is 2. The highest BCUT2D eigenvalue weighted by Gasteiger charge is 2.15. The molecule has 3 rings (SSSR count). The third-order valence-electron chi connectivity index (χ3n) is 3.26. The minimum atomic E-state index is -0.275. The van der Waals surface area contributed by atoms with E-state index < -0.39 is 0 Å². The smallest absolute Gasteiger partial charge is 0.255 e. The number of hydrogen-bond donors (Lipinski definition) is 2. The Balaban J connectivity index is 1.83. The lowest BCUT2D eigenvalue weighted by Gasteiger charge is -2.08. The van der Waals surface area contributed by atoms with Gasteiger partial charge in [0.1, 0.15) is 0 Å². The van der Waals surface area contributed by atoms with Gasteiger partial charge in [0.25, 0.3) is 5.91 Å². The number of aromatic hydroxyl groups is 1. The van der Waals surface area contributed by atoms with Crippen molar-refractivity contribution < 1.29 is 14.6 Å². The van der Waals surface area contributed by atoms with Gasteiger partial charge in [0.15, 0.2) is 5.75 Å². The SMILES string of the molecule is O=C(Nc1cc(Cl)c(O)c(Cl)c1)c1ccc2c(c1)COC2. The number of phenolic OH excluding ortho intramolecular Hbond substituents is 1. The van der Waals surface area contributed by atoms with Crippen LogP contribution in [0.1, 0.15) is 21.5 Å². The number of amides is 1. The molecule has 0 aliphatic carbocycles. The van der Waals surface area contributed by atoms with Crippen molar-refractivity contribution in [2.24, 2.45) is 0 Å². The van der Waals surface area contributed by atoms with Gasteiger partial charge in [-0.3, -0.25) is 4.79 Å². The van der Waals surface area contributed by atoms with Gasteiger partial charge in [-0.1, -0.05) is 29.3 Å². The van der Waals surface area contributed by atoms with Crippen molar-refractivity contribution in [1.82, 2.24) is 0 Å². The van der Waals surface area contributed by atoms with Gasteiger partial charge < -0.3 is 15.2 Å². The Morgan fingerprint density at radius 1 is 1.10 bits per heavy atom. The third kappa shape index (κ3) is 2.83. The van der Waals surface area contributed by atoms with Crippen molar-refractivity contribution in [1.29, 1.82) is 0 Å². The van der Waals surface area contributed by atoms with Crippen LogP contribution in [0.2, 0.25) is 10.0 Å². The molecule has 1 heterocycles. The molecule has 1 aliphatic heterocycles. The Kier molecular flexibility index (Phi) is 3.76. The zero-order valence-electron chi connectivity index (χ0n) is 10.8. The Morgan fingerprint density at radius 2 is 1.76 bits per heavy atom. The van der Waals surface area contributed by atoms with E-state index in [4.69, 9.17) is 27.9 Å². The second-order valence-electron chi connectivity index (χ2n) is 4.72. The van der Waals surface area contributed by atoms with Crippen LogP contribution < -0.4 is 5.32 Å². The summed E-state index contributed by atoms with van der Waals surface area (Å²) in [5, 5.41) is 12.4. The number of carbonyl (C=O) groups is 1. The molecule has 108 valence electrons. The molecule has 4 nitrogen and oxygen atoms in total. The van der Waals surface area contributed by atoms with E-state index in [1.165, 1.54) is 12.1 Å². The Hall–Kier alpha value is -1.75. The molecule has 21 heavy (non-hydrogen) atoms. The fourth-order valence-electron chi connectivity index (χ4n) is 2.15. The van der Waals surface area contributed by atoms with E-state index in [1.807, 2.05) is 6.07 Å². The standard InChI is InChI=1S/C15H11Cl2NO3/c16-12-4-11(5-13(17)14(12)19)18-15(20)8-1-2-9-6-21-7-10(9)3-8/h1-5,19H,6-7H2,(H,18,20). The molecule has 0 fully saturated rings. The molecule has 2 aromatic rings. The summed E-state index contributed by atoms with van der Waals surface area (Å²) in [6.45, 7) is 1.10. The predicted octanol–water partition coefficient (Wildman–Crippen LogP) is 3.98. The highest BCUT2D eigenvalue weighted by atomic mass is 35.5. The van der Waals surface area contributed by atoms with Crippen LogP contribution in [0.3, 0.4) is 0 Å². The van der Waals surface area contributed by atoms with Crippen molar-refractivity contribution in [2.45, 2.75) is 13.2 Å². The molecule has 2 aromatic carbocycles. The number of ether oxygens (including phenoxy) is 1. The minimum Gasteiger partial charge on any atom is -0.505 e. The molecule has 2 N–H and O–H groups in total. The van der Waals surface area contributed by atoms with Crippen LogP contribution in [0, 0.1) is 0 Å². The predicted molar refractivity (Wildman–Crippen MR) is 81.0 cm³/mol.